The molecule has 2 aromatic heterocycles. The number of carboxylic acid groups (broad SMARTS) is 2. The molecule has 17 heteroatoms. The highest BCUT2D eigenvalue weighted by atomic mass is 32.2. The highest BCUT2D eigenvalue weighted by Gasteiger charge is 2.32. The minimum absolute atomic E-state index is 0.0113. The number of hydrogen-bond acceptors (Lipinski definition) is 12. The first-order valence-corrected chi connectivity index (χ1v) is 15.5. The van der Waals surface area contributed by atoms with Gasteiger partial charge in [-0.1, -0.05) is 47.9 Å². The standard InChI is InChI=1S/C25H20N4O8S5/c1-26-11-6-4-5-7-13(11)39-22(26)12(37-3)8-14-19(34)28(9-15(30)31)23(40-14)18-21(36)29(10-16(32)33)24(41-18)17-20(35)27(2)25(38)42-17/h4-8H,9-10H2,1-3H3,(H,30,31)(H,32,33)/b14-8?,22-12-,23-18+,24-17+. The van der Waals surface area contributed by atoms with E-state index in [1.165, 1.54) is 36.9 Å². The number of hydrogen-bond donors (Lipinski definition) is 2. The summed E-state index contributed by atoms with van der Waals surface area (Å²) in [5.41, 5.74) is -0.505. The molecule has 2 aliphatic heterocycles. The topological polar surface area (TPSA) is 151 Å². The van der Waals surface area contributed by atoms with E-state index >= 15 is 0 Å². The molecule has 0 atom stereocenters. The van der Waals surface area contributed by atoms with Crippen molar-refractivity contribution in [2.45, 2.75) is 18.0 Å². The largest absolute Gasteiger partial charge is 0.494 e. The van der Waals surface area contributed by atoms with Gasteiger partial charge in [-0.05, 0) is 12.1 Å². The zero-order valence-electron chi connectivity index (χ0n) is 22.0. The number of aromatic nitrogens is 2. The Morgan fingerprint density at radius 1 is 0.929 bits per heavy atom. The molecule has 0 spiro atoms. The third-order valence-corrected chi connectivity index (χ3v) is 11.5. The second-order valence-electron chi connectivity index (χ2n) is 8.79. The molecule has 2 aliphatic rings. The third-order valence-electron chi connectivity index (χ3n) is 6.16. The lowest BCUT2D eigenvalue weighted by Gasteiger charge is -2.15. The molecule has 0 aliphatic carbocycles. The summed E-state index contributed by atoms with van der Waals surface area (Å²) in [5, 5.41) is 19.8. The summed E-state index contributed by atoms with van der Waals surface area (Å²) >= 11 is 9.23. The van der Waals surface area contributed by atoms with Gasteiger partial charge in [-0.2, -0.15) is 0 Å². The van der Waals surface area contributed by atoms with E-state index in [1.54, 1.807) is 0 Å². The van der Waals surface area contributed by atoms with Crippen molar-refractivity contribution in [3.63, 3.8) is 0 Å². The highest BCUT2D eigenvalue weighted by Crippen LogP contribution is 2.46. The molecular formula is C25H20N4O8S5. The van der Waals surface area contributed by atoms with Crippen molar-refractivity contribution < 1.29 is 29.3 Å². The SMILES string of the molecule is CO/C(C=c1s/c(=c2/s/c(=C3/SC(=S)N(C)C3=O)n(CC(=O)O)c2=O)n(CC(=O)O)c1=O)=C1\Sc2ccccc2N1C. The average molecular weight is 665 g/mol. The first-order valence-electron chi connectivity index (χ1n) is 11.8. The van der Waals surface area contributed by atoms with Gasteiger partial charge in [0.05, 0.1) is 17.3 Å². The number of carboxylic acids is 2. The molecule has 2 N–H and O–H groups in total. The molecule has 0 radical (unpaired) electrons. The summed E-state index contributed by atoms with van der Waals surface area (Å²) in [7, 11) is 4.77. The molecule has 1 saturated heterocycles. The van der Waals surface area contributed by atoms with Crippen molar-refractivity contribution in [3.8, 4) is 0 Å². The van der Waals surface area contributed by atoms with Crippen LogP contribution >= 0.6 is 58.4 Å². The summed E-state index contributed by atoms with van der Waals surface area (Å²) < 4.78 is 7.81. The summed E-state index contributed by atoms with van der Waals surface area (Å²) in [6, 6.07) is 7.70. The van der Waals surface area contributed by atoms with Crippen molar-refractivity contribution in [2.24, 2.45) is 0 Å². The van der Waals surface area contributed by atoms with E-state index in [4.69, 9.17) is 17.0 Å². The van der Waals surface area contributed by atoms with Crippen LogP contribution in [-0.4, -0.2) is 67.6 Å². The smallest absolute Gasteiger partial charge is 0.323 e. The molecule has 3 aromatic rings. The van der Waals surface area contributed by atoms with Gasteiger partial charge in [-0.3, -0.25) is 38.0 Å². The summed E-state index contributed by atoms with van der Waals surface area (Å²) in [6.07, 6.45) is 1.49. The van der Waals surface area contributed by atoms with Gasteiger partial charge in [0, 0.05) is 25.1 Å². The Morgan fingerprint density at radius 2 is 1.57 bits per heavy atom. The number of para-hydroxylation sites is 1. The summed E-state index contributed by atoms with van der Waals surface area (Å²) in [6.45, 7) is -1.50. The molecule has 0 saturated carbocycles. The molecule has 0 unspecified atom stereocenters. The van der Waals surface area contributed by atoms with Crippen LogP contribution < -0.4 is 25.2 Å². The molecule has 42 heavy (non-hydrogen) atoms. The Balaban J connectivity index is 1.85. The normalized spacial score (nSPS) is 18.6. The second-order valence-corrected chi connectivity index (χ2v) is 13.5. The molecule has 4 heterocycles. The Morgan fingerprint density at radius 3 is 2.14 bits per heavy atom. The number of allylic oxidation sites excluding steroid dienone is 1. The first-order chi connectivity index (χ1) is 19.9. The minimum Gasteiger partial charge on any atom is -0.494 e. The van der Waals surface area contributed by atoms with Crippen LogP contribution in [0.1, 0.15) is 0 Å². The van der Waals surface area contributed by atoms with E-state index in [9.17, 15) is 34.2 Å². The number of benzene rings is 1. The van der Waals surface area contributed by atoms with Gasteiger partial charge < -0.3 is 19.8 Å². The van der Waals surface area contributed by atoms with Crippen LogP contribution in [-0.2, 0) is 32.2 Å². The van der Waals surface area contributed by atoms with Crippen molar-refractivity contribution in [1.82, 2.24) is 14.0 Å². The molecule has 1 amide bonds. The quantitative estimate of drug-likeness (QED) is 0.286. The van der Waals surface area contributed by atoms with Gasteiger partial charge in [0.25, 0.3) is 17.0 Å². The number of methoxy groups -OCH3 is 1. The van der Waals surface area contributed by atoms with Crippen molar-refractivity contribution in [3.05, 3.63) is 74.2 Å². The minimum atomic E-state index is -1.33. The monoisotopic (exact) mass is 664 g/mol. The maximum atomic E-state index is 13.6. The molecule has 5 rings (SSSR count). The van der Waals surface area contributed by atoms with E-state index in [0.29, 0.717) is 10.8 Å². The third kappa shape index (κ3) is 5.22. The van der Waals surface area contributed by atoms with Crippen LogP contribution in [0.2, 0.25) is 0 Å². The van der Waals surface area contributed by atoms with Gasteiger partial charge in [-0.15, -0.1) is 22.7 Å². The Bertz CT molecular complexity index is 2070. The van der Waals surface area contributed by atoms with Crippen molar-refractivity contribution in [1.29, 1.82) is 0 Å². The number of carbonyl (C=O) groups is 3. The fourth-order valence-corrected chi connectivity index (χ4v) is 9.00. The second kappa shape index (κ2) is 11.6. The van der Waals surface area contributed by atoms with Crippen LogP contribution in [0.15, 0.2) is 49.5 Å². The number of thiazole rings is 2. The van der Waals surface area contributed by atoms with Gasteiger partial charge in [0.1, 0.15) is 41.2 Å². The van der Waals surface area contributed by atoms with Gasteiger partial charge in [-0.25, -0.2) is 0 Å². The number of rotatable bonds is 6. The number of amides is 1. The Hall–Kier alpha value is -3.64. The van der Waals surface area contributed by atoms with Crippen LogP contribution in [0.25, 0.3) is 11.0 Å². The number of aliphatic carboxylic acids is 2. The van der Waals surface area contributed by atoms with Crippen LogP contribution in [0.4, 0.5) is 5.69 Å². The van der Waals surface area contributed by atoms with Crippen LogP contribution in [0.3, 0.4) is 0 Å². The maximum absolute atomic E-state index is 13.6. The molecule has 218 valence electrons. The number of nitrogens with zero attached hydrogens (tertiary/aromatic N) is 4. The van der Waals surface area contributed by atoms with Gasteiger partial charge >= 0.3 is 11.9 Å². The highest BCUT2D eigenvalue weighted by molar-refractivity contribution is 8.30. The summed E-state index contributed by atoms with van der Waals surface area (Å²) in [5.74, 6) is -2.80. The average Bonchev–Trinajstić information content (AvgIpc) is 3.62. The van der Waals surface area contributed by atoms with Gasteiger partial charge in [0.2, 0.25) is 0 Å². The molecule has 1 aromatic carbocycles. The lowest BCUT2D eigenvalue weighted by molar-refractivity contribution is -0.138. The number of carbonyl (C=O) groups excluding carboxylic acids is 1. The molecule has 0 bridgehead atoms. The van der Waals surface area contributed by atoms with Crippen molar-refractivity contribution in [2.75, 3.05) is 26.1 Å². The van der Waals surface area contributed by atoms with Crippen molar-refractivity contribution >= 4 is 97.3 Å². The fraction of sp³-hybridized carbons (Fsp3) is 0.200. The zero-order valence-corrected chi connectivity index (χ0v) is 26.1. The van der Waals surface area contributed by atoms with E-state index in [0.717, 1.165) is 54.2 Å². The molecule has 12 nitrogen and oxygen atoms in total. The van der Waals surface area contributed by atoms with Crippen LogP contribution in [0, 0.1) is 9.20 Å². The first kappa shape index (κ1) is 29.8. The van der Waals surface area contributed by atoms with E-state index in [2.05, 4.69) is 0 Å². The molecule has 1 fully saturated rings. The summed E-state index contributed by atoms with van der Waals surface area (Å²) in [4.78, 5) is 67.5. The predicted molar refractivity (Wildman–Crippen MR) is 165 cm³/mol. The number of fused-ring (bicyclic) bond motifs is 1. The lowest BCUT2D eigenvalue weighted by atomic mass is 10.3. The Labute approximate surface area is 257 Å². The predicted octanol–water partition coefficient (Wildman–Crippen LogP) is 1.03. The zero-order chi connectivity index (χ0) is 30.5. The fourth-order valence-electron chi connectivity index (χ4n) is 4.18. The lowest BCUT2D eigenvalue weighted by Crippen LogP contribution is -2.32. The van der Waals surface area contributed by atoms with Gasteiger partial charge in [0.15, 0.2) is 5.76 Å². The number of ether oxygens (including phenoxy) is 1. The Kier molecular flexibility index (Phi) is 8.21. The maximum Gasteiger partial charge on any atom is 0.323 e. The van der Waals surface area contributed by atoms with Crippen LogP contribution in [0.5, 0.6) is 0 Å². The molecular weight excluding hydrogens is 645 g/mol. The van der Waals surface area contributed by atoms with E-state index < -0.39 is 42.1 Å². The van der Waals surface area contributed by atoms with E-state index in [-0.39, 0.29) is 27.6 Å². The number of anilines is 1. The number of thioether (sulfide) groups is 2. The van der Waals surface area contributed by atoms with E-state index in [1.807, 2.05) is 36.2 Å². The number of thiocarbonyl (C=S) groups is 1.